The fourth-order valence-electron chi connectivity index (χ4n) is 3.21. The molecule has 1 saturated heterocycles. The smallest absolute Gasteiger partial charge is 0.226 e. The second-order valence-corrected chi connectivity index (χ2v) is 8.20. The van der Waals surface area contributed by atoms with E-state index in [2.05, 4.69) is 21.8 Å². The number of pyridine rings is 1. The van der Waals surface area contributed by atoms with Gasteiger partial charge in [0.1, 0.15) is 11.6 Å². The monoisotopic (exact) mass is 405 g/mol. The molecule has 0 radical (unpaired) electrons. The zero-order valence-electron chi connectivity index (χ0n) is 16.7. The van der Waals surface area contributed by atoms with E-state index in [0.717, 1.165) is 37.4 Å². The maximum absolute atomic E-state index is 14.5. The van der Waals surface area contributed by atoms with Gasteiger partial charge in [0.15, 0.2) is 0 Å². The number of rotatable bonds is 5. The summed E-state index contributed by atoms with van der Waals surface area (Å²) >= 11 is 1.90. The van der Waals surface area contributed by atoms with Crippen molar-refractivity contribution in [2.75, 3.05) is 42.7 Å². The van der Waals surface area contributed by atoms with Gasteiger partial charge in [0, 0.05) is 25.4 Å². The zero-order valence-corrected chi connectivity index (χ0v) is 17.6. The fraction of sp³-hybridized carbons (Fsp3) is 0.550. The van der Waals surface area contributed by atoms with Crippen molar-refractivity contribution in [1.29, 1.82) is 0 Å². The highest BCUT2D eigenvalue weighted by Gasteiger charge is 2.46. The van der Waals surface area contributed by atoms with Gasteiger partial charge in [-0.1, -0.05) is 20.8 Å². The summed E-state index contributed by atoms with van der Waals surface area (Å²) in [6, 6.07) is 3.15. The number of hydrogen-bond donors (Lipinski definition) is 1. The fourth-order valence-corrected chi connectivity index (χ4v) is 4.40. The molecule has 2 aromatic rings. The van der Waals surface area contributed by atoms with E-state index < -0.39 is 5.82 Å². The Labute approximate surface area is 170 Å². The molecule has 1 aliphatic carbocycles. The molecule has 0 unspecified atom stereocenters. The Morgan fingerprint density at radius 1 is 1.21 bits per heavy atom. The summed E-state index contributed by atoms with van der Waals surface area (Å²) in [4.78, 5) is 15.6. The first kappa shape index (κ1) is 20.8. The molecule has 0 aromatic carbocycles. The van der Waals surface area contributed by atoms with Gasteiger partial charge in [-0.05, 0) is 24.7 Å². The van der Waals surface area contributed by atoms with Gasteiger partial charge in [-0.15, -0.1) is 11.8 Å². The van der Waals surface area contributed by atoms with Crippen molar-refractivity contribution in [1.82, 2.24) is 15.0 Å². The Morgan fingerprint density at radius 2 is 1.93 bits per heavy atom. The molecule has 0 amide bonds. The Balaban J connectivity index is 0.00000109. The van der Waals surface area contributed by atoms with Crippen LogP contribution in [-0.2, 0) is 9.48 Å². The van der Waals surface area contributed by atoms with Gasteiger partial charge < -0.3 is 15.4 Å². The standard InChI is InChI=1S/C18H22FN5OS.C2H6/c1-2-26-18(3-4-18)15-10-14(12-11-21-16(20)9-13(12)19)22-17(23-15)24-5-7-25-8-6-24;1-2/h9-11H,2-8H2,1H3,(H2,20,21);1-2H3. The lowest BCUT2D eigenvalue weighted by Crippen LogP contribution is -2.37. The van der Waals surface area contributed by atoms with Crippen LogP contribution in [0.15, 0.2) is 18.3 Å². The van der Waals surface area contributed by atoms with Crippen LogP contribution < -0.4 is 10.6 Å². The average molecular weight is 406 g/mol. The van der Waals surface area contributed by atoms with E-state index in [1.165, 1.54) is 12.3 Å². The number of nitrogen functional groups attached to an aromatic ring is 1. The van der Waals surface area contributed by atoms with Crippen LogP contribution in [0.5, 0.6) is 0 Å². The number of morpholine rings is 1. The Bertz CT molecular complexity index is 809. The second kappa shape index (κ2) is 9.05. The minimum Gasteiger partial charge on any atom is -0.384 e. The molecule has 152 valence electrons. The van der Waals surface area contributed by atoms with Crippen LogP contribution in [-0.4, -0.2) is 47.0 Å². The predicted molar refractivity (Wildman–Crippen MR) is 113 cm³/mol. The van der Waals surface area contributed by atoms with E-state index in [0.29, 0.717) is 30.4 Å². The first-order valence-electron chi connectivity index (χ1n) is 9.89. The summed E-state index contributed by atoms with van der Waals surface area (Å²) in [6.07, 6.45) is 3.63. The number of aromatic nitrogens is 3. The van der Waals surface area contributed by atoms with Crippen molar-refractivity contribution in [2.24, 2.45) is 0 Å². The highest BCUT2D eigenvalue weighted by atomic mass is 32.2. The lowest BCUT2D eigenvalue weighted by molar-refractivity contribution is 0.122. The molecule has 2 fully saturated rings. The minimum absolute atomic E-state index is 0.0329. The summed E-state index contributed by atoms with van der Waals surface area (Å²) < 4.78 is 19.9. The second-order valence-electron chi connectivity index (χ2n) is 6.55. The van der Waals surface area contributed by atoms with E-state index in [4.69, 9.17) is 15.5 Å². The SMILES string of the molecule is CC.CCSC1(c2cc(-c3cnc(N)cc3F)nc(N3CCOCC3)n2)CC1. The van der Waals surface area contributed by atoms with Crippen molar-refractivity contribution < 1.29 is 9.13 Å². The van der Waals surface area contributed by atoms with Crippen molar-refractivity contribution in [3.05, 3.63) is 29.8 Å². The molecule has 8 heteroatoms. The summed E-state index contributed by atoms with van der Waals surface area (Å²) in [7, 11) is 0. The van der Waals surface area contributed by atoms with Crippen molar-refractivity contribution in [3.8, 4) is 11.3 Å². The number of nitrogens with zero attached hydrogens (tertiary/aromatic N) is 4. The summed E-state index contributed by atoms with van der Waals surface area (Å²) in [5.74, 6) is 1.40. The maximum Gasteiger partial charge on any atom is 0.226 e. The first-order valence-corrected chi connectivity index (χ1v) is 10.9. The lowest BCUT2D eigenvalue weighted by atomic mass is 10.1. The van der Waals surface area contributed by atoms with Crippen LogP contribution in [0.25, 0.3) is 11.3 Å². The van der Waals surface area contributed by atoms with E-state index in [-0.39, 0.29) is 10.6 Å². The molecular weight excluding hydrogens is 377 g/mol. The van der Waals surface area contributed by atoms with Crippen LogP contribution >= 0.6 is 11.8 Å². The number of anilines is 2. The number of halogens is 1. The van der Waals surface area contributed by atoms with E-state index in [1.54, 1.807) is 0 Å². The third-order valence-electron chi connectivity index (χ3n) is 4.75. The molecule has 28 heavy (non-hydrogen) atoms. The van der Waals surface area contributed by atoms with Gasteiger partial charge in [-0.2, -0.15) is 0 Å². The maximum atomic E-state index is 14.5. The Morgan fingerprint density at radius 3 is 2.54 bits per heavy atom. The van der Waals surface area contributed by atoms with Crippen molar-refractivity contribution in [2.45, 2.75) is 38.4 Å². The topological polar surface area (TPSA) is 77.2 Å². The lowest BCUT2D eigenvalue weighted by Gasteiger charge is -2.28. The van der Waals surface area contributed by atoms with Crippen LogP contribution in [0, 0.1) is 5.82 Å². The average Bonchev–Trinajstić information content (AvgIpc) is 3.51. The number of ether oxygens (including phenoxy) is 1. The van der Waals surface area contributed by atoms with Crippen LogP contribution in [0.4, 0.5) is 16.2 Å². The van der Waals surface area contributed by atoms with Crippen LogP contribution in [0.3, 0.4) is 0 Å². The quantitative estimate of drug-likeness (QED) is 0.809. The Kier molecular flexibility index (Phi) is 6.72. The molecule has 1 aliphatic heterocycles. The number of thioether (sulfide) groups is 1. The normalized spacial score (nSPS) is 17.6. The molecule has 4 rings (SSSR count). The molecular formula is C20H28FN5OS. The van der Waals surface area contributed by atoms with Gasteiger partial charge in [-0.25, -0.2) is 19.3 Å². The van der Waals surface area contributed by atoms with Gasteiger partial charge in [0.2, 0.25) is 5.95 Å². The summed E-state index contributed by atoms with van der Waals surface area (Å²) in [5, 5.41) is 0. The molecule has 0 spiro atoms. The molecule has 0 bridgehead atoms. The predicted octanol–water partition coefficient (Wildman–Crippen LogP) is 3.86. The molecule has 6 nitrogen and oxygen atoms in total. The third kappa shape index (κ3) is 4.38. The molecule has 2 N–H and O–H groups in total. The molecule has 0 atom stereocenters. The van der Waals surface area contributed by atoms with E-state index in [1.807, 2.05) is 31.7 Å². The van der Waals surface area contributed by atoms with Crippen molar-refractivity contribution >= 4 is 23.5 Å². The van der Waals surface area contributed by atoms with Crippen molar-refractivity contribution in [3.63, 3.8) is 0 Å². The van der Waals surface area contributed by atoms with Gasteiger partial charge in [0.05, 0.1) is 34.9 Å². The largest absolute Gasteiger partial charge is 0.384 e. The highest BCUT2D eigenvalue weighted by molar-refractivity contribution is 8.00. The molecule has 2 aliphatic rings. The molecule has 1 saturated carbocycles. The van der Waals surface area contributed by atoms with Crippen LogP contribution in [0.1, 0.15) is 39.3 Å². The zero-order chi connectivity index (χ0) is 20.1. The van der Waals surface area contributed by atoms with Gasteiger partial charge >= 0.3 is 0 Å². The third-order valence-corrected chi connectivity index (χ3v) is 6.21. The summed E-state index contributed by atoms with van der Waals surface area (Å²) in [6.45, 7) is 8.92. The van der Waals surface area contributed by atoms with E-state index in [9.17, 15) is 4.39 Å². The minimum atomic E-state index is -0.414. The Hall–Kier alpha value is -1.93. The van der Waals surface area contributed by atoms with Crippen LogP contribution in [0.2, 0.25) is 0 Å². The number of hydrogen-bond acceptors (Lipinski definition) is 7. The van der Waals surface area contributed by atoms with E-state index >= 15 is 0 Å². The van der Waals surface area contributed by atoms with Gasteiger partial charge in [-0.3, -0.25) is 0 Å². The number of nitrogens with two attached hydrogens (primary N) is 1. The van der Waals surface area contributed by atoms with Gasteiger partial charge in [0.25, 0.3) is 0 Å². The first-order chi connectivity index (χ1) is 13.6. The molecule has 2 aromatic heterocycles. The highest BCUT2D eigenvalue weighted by Crippen LogP contribution is 2.56. The molecule has 3 heterocycles. The summed E-state index contributed by atoms with van der Waals surface area (Å²) in [5.41, 5.74) is 7.49.